The van der Waals surface area contributed by atoms with Gasteiger partial charge in [-0.05, 0) is 70.6 Å². The fourth-order valence-electron chi connectivity index (χ4n) is 3.75. The van der Waals surface area contributed by atoms with E-state index >= 15 is 0 Å². The van der Waals surface area contributed by atoms with Crippen LogP contribution in [0.2, 0.25) is 0 Å². The lowest BCUT2D eigenvalue weighted by Crippen LogP contribution is -2.56. The molecule has 0 fully saturated rings. The predicted molar refractivity (Wildman–Crippen MR) is 139 cm³/mol. The lowest BCUT2D eigenvalue weighted by molar-refractivity contribution is -0.146. The molecule has 0 aliphatic heterocycles. The maximum atomic E-state index is 13.8. The Balaban J connectivity index is 3.47. The number of carbonyl (C=O) groups is 3. The number of aliphatic hydroxyl groups excluding tert-OH is 1. The van der Waals surface area contributed by atoms with Crippen LogP contribution in [0.5, 0.6) is 5.75 Å². The molecule has 9 heteroatoms. The van der Waals surface area contributed by atoms with Gasteiger partial charge in [-0.3, -0.25) is 9.59 Å². The van der Waals surface area contributed by atoms with Crippen molar-refractivity contribution in [3.8, 4) is 5.75 Å². The molecule has 0 spiro atoms. The van der Waals surface area contributed by atoms with Gasteiger partial charge >= 0.3 is 6.09 Å². The van der Waals surface area contributed by atoms with E-state index < -0.39 is 48.2 Å². The van der Waals surface area contributed by atoms with Gasteiger partial charge in [0, 0.05) is 12.6 Å². The van der Waals surface area contributed by atoms with Gasteiger partial charge in [-0.2, -0.15) is 0 Å². The van der Waals surface area contributed by atoms with E-state index in [0.717, 1.165) is 19.3 Å². The molecule has 0 bridgehead atoms. The van der Waals surface area contributed by atoms with Gasteiger partial charge in [-0.25, -0.2) is 4.79 Å². The highest BCUT2D eigenvalue weighted by Crippen LogP contribution is 2.29. The average molecular weight is 508 g/mol. The molecule has 3 atom stereocenters. The molecule has 0 saturated heterocycles. The molecule has 0 aliphatic rings. The summed E-state index contributed by atoms with van der Waals surface area (Å²) in [6, 6.07) is 3.44. The van der Waals surface area contributed by atoms with E-state index in [0.29, 0.717) is 24.4 Å². The van der Waals surface area contributed by atoms with Gasteiger partial charge in [-0.1, -0.05) is 39.3 Å². The average Bonchev–Trinajstić information content (AvgIpc) is 2.77. The van der Waals surface area contributed by atoms with Crippen LogP contribution in [0.4, 0.5) is 4.79 Å². The summed E-state index contributed by atoms with van der Waals surface area (Å²) in [6.07, 6.45) is 2.22. The number of rotatable bonds is 13. The highest BCUT2D eigenvalue weighted by atomic mass is 16.6. The highest BCUT2D eigenvalue weighted by Gasteiger charge is 2.38. The van der Waals surface area contributed by atoms with Crippen LogP contribution < -0.4 is 10.6 Å². The zero-order valence-corrected chi connectivity index (χ0v) is 22.8. The van der Waals surface area contributed by atoms with Crippen molar-refractivity contribution in [2.45, 2.75) is 97.9 Å². The summed E-state index contributed by atoms with van der Waals surface area (Å²) >= 11 is 0. The number of nitrogens with one attached hydrogen (secondary N) is 2. The molecule has 9 nitrogen and oxygen atoms in total. The smallest absolute Gasteiger partial charge is 0.408 e. The first-order chi connectivity index (χ1) is 16.8. The van der Waals surface area contributed by atoms with Crippen molar-refractivity contribution in [2.75, 3.05) is 13.2 Å². The number of nitrogens with zero attached hydrogens (tertiary/aromatic N) is 1. The lowest BCUT2D eigenvalue weighted by atomic mass is 9.97. The monoisotopic (exact) mass is 507 g/mol. The van der Waals surface area contributed by atoms with Crippen molar-refractivity contribution in [3.05, 3.63) is 29.8 Å². The third-order valence-corrected chi connectivity index (χ3v) is 5.60. The molecule has 3 amide bonds. The molecule has 0 radical (unpaired) electrons. The summed E-state index contributed by atoms with van der Waals surface area (Å²) in [5.41, 5.74) is -0.358. The molecule has 36 heavy (non-hydrogen) atoms. The van der Waals surface area contributed by atoms with Gasteiger partial charge in [0.25, 0.3) is 0 Å². The number of hydrogen-bond acceptors (Lipinski definition) is 6. The number of carbonyl (C=O) groups excluding carboxylic acids is 3. The molecule has 3 unspecified atom stereocenters. The first-order valence-corrected chi connectivity index (χ1v) is 12.8. The van der Waals surface area contributed by atoms with E-state index in [-0.39, 0.29) is 5.75 Å². The van der Waals surface area contributed by atoms with Crippen LogP contribution in [0.3, 0.4) is 0 Å². The van der Waals surface area contributed by atoms with E-state index in [1.165, 1.54) is 17.0 Å². The van der Waals surface area contributed by atoms with E-state index in [9.17, 15) is 24.6 Å². The van der Waals surface area contributed by atoms with E-state index in [4.69, 9.17) is 4.74 Å². The van der Waals surface area contributed by atoms with Crippen LogP contribution in [-0.4, -0.2) is 63.9 Å². The van der Waals surface area contributed by atoms with Gasteiger partial charge in [-0.15, -0.1) is 0 Å². The van der Waals surface area contributed by atoms with E-state index in [2.05, 4.69) is 24.5 Å². The number of phenolic OH excluding ortho intramolecular Hbond substituents is 1. The summed E-state index contributed by atoms with van der Waals surface area (Å²) < 4.78 is 5.27. The van der Waals surface area contributed by atoms with Crippen LogP contribution in [0, 0.1) is 5.92 Å². The number of alkyl carbamates (subject to hydrolysis) is 1. The minimum absolute atomic E-state index is 0.0355. The number of ether oxygens (including phenoxy) is 1. The number of aromatic hydroxyl groups is 1. The maximum Gasteiger partial charge on any atom is 0.408 e. The number of hydrogen-bond donors (Lipinski definition) is 4. The summed E-state index contributed by atoms with van der Waals surface area (Å²) in [4.78, 5) is 41.1. The summed E-state index contributed by atoms with van der Waals surface area (Å²) in [7, 11) is 0. The van der Waals surface area contributed by atoms with E-state index in [1.54, 1.807) is 32.9 Å². The minimum Gasteiger partial charge on any atom is -0.508 e. The second kappa shape index (κ2) is 14.7. The van der Waals surface area contributed by atoms with Crippen LogP contribution in [-0.2, 0) is 14.3 Å². The quantitative estimate of drug-likeness (QED) is 0.300. The number of benzene rings is 1. The Hall–Kier alpha value is -2.81. The van der Waals surface area contributed by atoms with Crippen LogP contribution in [0.25, 0.3) is 0 Å². The Bertz CT molecular complexity index is 852. The molecule has 1 rings (SSSR count). The third-order valence-electron chi connectivity index (χ3n) is 5.60. The number of aliphatic hydroxyl groups is 1. The zero-order chi connectivity index (χ0) is 27.5. The Morgan fingerprint density at radius 1 is 1.11 bits per heavy atom. The molecule has 1 aromatic carbocycles. The molecule has 0 heterocycles. The second-order valence-electron chi connectivity index (χ2n) is 10.6. The van der Waals surface area contributed by atoms with Crippen LogP contribution in [0.1, 0.15) is 85.8 Å². The maximum absolute atomic E-state index is 13.8. The van der Waals surface area contributed by atoms with Gasteiger partial charge in [0.05, 0.1) is 6.61 Å². The topological polar surface area (TPSA) is 128 Å². The number of amides is 3. The van der Waals surface area contributed by atoms with Gasteiger partial charge in [0.15, 0.2) is 0 Å². The van der Waals surface area contributed by atoms with Crippen LogP contribution in [0.15, 0.2) is 24.3 Å². The van der Waals surface area contributed by atoms with Crippen molar-refractivity contribution < 1.29 is 29.3 Å². The first-order valence-electron chi connectivity index (χ1n) is 12.8. The number of phenols is 1. The fraction of sp³-hybridized carbons (Fsp3) is 0.667. The van der Waals surface area contributed by atoms with Crippen LogP contribution >= 0.6 is 0 Å². The zero-order valence-electron chi connectivity index (χ0n) is 22.8. The SMILES string of the molecule is CCCCNC(=O)C(c1cccc(O)c1)N(C(=O)C(CO)NC(=O)OC(C)(C)C)C(C)CCC(C)C. The molecular weight excluding hydrogens is 462 g/mol. The van der Waals surface area contributed by atoms with E-state index in [1.807, 2.05) is 13.8 Å². The first kappa shape index (κ1) is 31.2. The largest absolute Gasteiger partial charge is 0.508 e. The summed E-state index contributed by atoms with van der Waals surface area (Å²) in [6.45, 7) is 12.9. The van der Waals surface area contributed by atoms with Crippen molar-refractivity contribution in [2.24, 2.45) is 5.92 Å². The van der Waals surface area contributed by atoms with Gasteiger partial charge < -0.3 is 30.5 Å². The van der Waals surface area contributed by atoms with Crippen molar-refractivity contribution in [1.29, 1.82) is 0 Å². The molecule has 1 aromatic rings. The molecule has 0 aliphatic carbocycles. The predicted octanol–water partition coefficient (Wildman–Crippen LogP) is 3.89. The van der Waals surface area contributed by atoms with Crippen molar-refractivity contribution in [3.63, 3.8) is 0 Å². The fourth-order valence-corrected chi connectivity index (χ4v) is 3.75. The van der Waals surface area contributed by atoms with Gasteiger partial charge in [0.1, 0.15) is 23.4 Å². The Kier molecular flexibility index (Phi) is 12.7. The normalized spacial score (nSPS) is 14.0. The Morgan fingerprint density at radius 3 is 2.31 bits per heavy atom. The summed E-state index contributed by atoms with van der Waals surface area (Å²) in [5, 5.41) is 25.5. The number of unbranched alkanes of at least 4 members (excludes halogenated alkanes) is 1. The standard InChI is InChI=1S/C27H45N3O6/c1-8-9-15-28-24(33)23(20-11-10-12-21(32)16-20)30(19(4)14-13-18(2)3)25(34)22(17-31)29-26(35)36-27(5,6)7/h10-12,16,18-19,22-23,31-32H,8-9,13-15,17H2,1-7H3,(H,28,33)(H,29,35). The molecule has 0 aromatic heterocycles. The summed E-state index contributed by atoms with van der Waals surface area (Å²) in [5.74, 6) is -0.673. The van der Waals surface area contributed by atoms with Crippen molar-refractivity contribution in [1.82, 2.24) is 15.5 Å². The lowest BCUT2D eigenvalue weighted by Gasteiger charge is -2.38. The molecule has 4 N–H and O–H groups in total. The third kappa shape index (κ3) is 10.4. The van der Waals surface area contributed by atoms with Crippen molar-refractivity contribution >= 4 is 17.9 Å². The van der Waals surface area contributed by atoms with Gasteiger partial charge in [0.2, 0.25) is 11.8 Å². The second-order valence-corrected chi connectivity index (χ2v) is 10.6. The molecule has 0 saturated carbocycles. The minimum atomic E-state index is -1.32. The Labute approximate surface area is 215 Å². The molecular formula is C27H45N3O6. The highest BCUT2D eigenvalue weighted by molar-refractivity contribution is 5.92. The molecule has 204 valence electrons. The Morgan fingerprint density at radius 2 is 1.78 bits per heavy atom.